The summed E-state index contributed by atoms with van der Waals surface area (Å²) in [5.74, 6) is 1.54. The van der Waals surface area contributed by atoms with Gasteiger partial charge in [0.25, 0.3) is 0 Å². The van der Waals surface area contributed by atoms with E-state index in [4.69, 9.17) is 9.47 Å². The molecular weight excluding hydrogens is 376 g/mol. The van der Waals surface area contributed by atoms with Gasteiger partial charge in [-0.3, -0.25) is 4.79 Å². The number of allylic oxidation sites excluding steroid dienone is 5. The molecule has 2 unspecified atom stereocenters. The zero-order chi connectivity index (χ0) is 22.5. The maximum atomic E-state index is 12.4. The summed E-state index contributed by atoms with van der Waals surface area (Å²) in [4.78, 5) is 12.4. The van der Waals surface area contributed by atoms with Crippen molar-refractivity contribution in [1.82, 2.24) is 0 Å². The van der Waals surface area contributed by atoms with Crippen LogP contribution in [0, 0.1) is 23.2 Å². The van der Waals surface area contributed by atoms with Gasteiger partial charge in [0, 0.05) is 11.8 Å². The van der Waals surface area contributed by atoms with Crippen LogP contribution >= 0.6 is 0 Å². The Kier molecular flexibility index (Phi) is 7.79. The number of aliphatic hydroxyl groups is 1. The molecule has 166 valence electrons. The summed E-state index contributed by atoms with van der Waals surface area (Å²) in [5, 5.41) is 9.48. The Morgan fingerprint density at radius 1 is 1.27 bits per heavy atom. The van der Waals surface area contributed by atoms with Crippen LogP contribution < -0.4 is 0 Å². The maximum absolute atomic E-state index is 12.4. The predicted molar refractivity (Wildman–Crippen MR) is 122 cm³/mol. The fourth-order valence-corrected chi connectivity index (χ4v) is 4.07. The summed E-state index contributed by atoms with van der Waals surface area (Å²) < 4.78 is 11.5. The van der Waals surface area contributed by atoms with Crippen LogP contribution in [0.15, 0.2) is 60.8 Å². The zero-order valence-electron chi connectivity index (χ0n) is 19.2. The van der Waals surface area contributed by atoms with E-state index in [1.165, 1.54) is 0 Å². The van der Waals surface area contributed by atoms with Crippen molar-refractivity contribution in [3.8, 4) is 0 Å². The van der Waals surface area contributed by atoms with Crippen LogP contribution in [0.25, 0.3) is 0 Å². The fourth-order valence-electron chi connectivity index (χ4n) is 4.07. The SMILES string of the molecule is C=C(OC(=C)[C@H]1C=CC[C@@](C)(CC(C)C(=O)OC(C)(C)C)CC1)C1C=CC(O)=CC1. The van der Waals surface area contributed by atoms with Crippen LogP contribution in [0.1, 0.15) is 66.7 Å². The van der Waals surface area contributed by atoms with Crippen molar-refractivity contribution in [2.75, 3.05) is 0 Å². The molecule has 0 spiro atoms. The monoisotopic (exact) mass is 414 g/mol. The fraction of sp³-hybridized carbons (Fsp3) is 0.577. The van der Waals surface area contributed by atoms with Crippen LogP contribution in [-0.2, 0) is 14.3 Å². The smallest absolute Gasteiger partial charge is 0.309 e. The van der Waals surface area contributed by atoms with Gasteiger partial charge < -0.3 is 14.6 Å². The molecule has 0 aromatic rings. The Morgan fingerprint density at radius 2 is 1.93 bits per heavy atom. The van der Waals surface area contributed by atoms with Gasteiger partial charge in [0.2, 0.25) is 0 Å². The summed E-state index contributed by atoms with van der Waals surface area (Å²) in [6, 6.07) is 0. The highest BCUT2D eigenvalue weighted by atomic mass is 16.6. The standard InChI is InChI=1S/C26H38O4/c1-18(24(28)30-25(4,5)6)17-26(7)15-8-9-21(14-16-26)19(2)29-20(3)22-10-12-23(27)13-11-22/h8-10,12-13,18,21-22,27H,2-3,11,14-17H2,1,4-7H3/t18?,21-,22?,26+/m0/s1. The molecule has 0 bridgehead atoms. The molecule has 0 aliphatic heterocycles. The van der Waals surface area contributed by atoms with Gasteiger partial charge >= 0.3 is 5.97 Å². The van der Waals surface area contributed by atoms with E-state index in [9.17, 15) is 9.90 Å². The first-order valence-electron chi connectivity index (χ1n) is 10.9. The average molecular weight is 415 g/mol. The van der Waals surface area contributed by atoms with Crippen molar-refractivity contribution in [3.05, 3.63) is 60.8 Å². The topological polar surface area (TPSA) is 55.8 Å². The number of hydrogen-bond donors (Lipinski definition) is 1. The van der Waals surface area contributed by atoms with E-state index in [0.717, 1.165) is 25.7 Å². The molecule has 30 heavy (non-hydrogen) atoms. The summed E-state index contributed by atoms with van der Waals surface area (Å²) in [7, 11) is 0. The number of ether oxygens (including phenoxy) is 2. The number of rotatable bonds is 7. The molecule has 0 fully saturated rings. The van der Waals surface area contributed by atoms with Crippen LogP contribution in [0.5, 0.6) is 0 Å². The minimum Gasteiger partial charge on any atom is -0.508 e. The summed E-state index contributed by atoms with van der Waals surface area (Å²) in [6.45, 7) is 18.1. The Hall–Kier alpha value is -2.23. The van der Waals surface area contributed by atoms with Gasteiger partial charge in [-0.05, 0) is 70.4 Å². The molecule has 0 saturated carbocycles. The minimum atomic E-state index is -0.458. The lowest BCUT2D eigenvalue weighted by Crippen LogP contribution is -2.30. The van der Waals surface area contributed by atoms with E-state index in [-0.39, 0.29) is 34.9 Å². The van der Waals surface area contributed by atoms with Gasteiger partial charge in [-0.1, -0.05) is 45.2 Å². The molecule has 0 aromatic heterocycles. The van der Waals surface area contributed by atoms with Gasteiger partial charge in [-0.25, -0.2) is 0 Å². The van der Waals surface area contributed by atoms with Gasteiger partial charge in [0.1, 0.15) is 22.9 Å². The molecular formula is C26H38O4. The molecule has 2 aliphatic rings. The van der Waals surface area contributed by atoms with Crippen molar-refractivity contribution in [1.29, 1.82) is 0 Å². The lowest BCUT2D eigenvalue weighted by atomic mass is 9.75. The summed E-state index contributed by atoms with van der Waals surface area (Å²) >= 11 is 0. The van der Waals surface area contributed by atoms with E-state index in [0.29, 0.717) is 17.9 Å². The van der Waals surface area contributed by atoms with Crippen LogP contribution in [0.2, 0.25) is 0 Å². The third kappa shape index (κ3) is 7.23. The maximum Gasteiger partial charge on any atom is 0.309 e. The molecule has 4 nitrogen and oxygen atoms in total. The Balaban J connectivity index is 1.89. The molecule has 0 heterocycles. The highest BCUT2D eigenvalue weighted by Crippen LogP contribution is 2.41. The summed E-state index contributed by atoms with van der Waals surface area (Å²) in [6.07, 6.45) is 14.0. The number of esters is 1. The molecule has 4 heteroatoms. The van der Waals surface area contributed by atoms with Crippen molar-refractivity contribution in [2.24, 2.45) is 23.2 Å². The van der Waals surface area contributed by atoms with E-state index in [1.54, 1.807) is 12.2 Å². The largest absolute Gasteiger partial charge is 0.508 e. The first kappa shape index (κ1) is 24.0. The molecule has 4 atom stereocenters. The molecule has 0 radical (unpaired) electrons. The van der Waals surface area contributed by atoms with Crippen LogP contribution in [0.4, 0.5) is 0 Å². The van der Waals surface area contributed by atoms with Crippen molar-refractivity contribution >= 4 is 5.97 Å². The van der Waals surface area contributed by atoms with Gasteiger partial charge in [-0.15, -0.1) is 0 Å². The van der Waals surface area contributed by atoms with E-state index >= 15 is 0 Å². The highest BCUT2D eigenvalue weighted by Gasteiger charge is 2.33. The van der Waals surface area contributed by atoms with E-state index < -0.39 is 5.60 Å². The van der Waals surface area contributed by atoms with Gasteiger partial charge in [-0.2, -0.15) is 0 Å². The quantitative estimate of drug-likeness (QED) is 0.283. The number of hydrogen-bond acceptors (Lipinski definition) is 4. The van der Waals surface area contributed by atoms with Gasteiger partial charge in [0.15, 0.2) is 0 Å². The Morgan fingerprint density at radius 3 is 2.53 bits per heavy atom. The van der Waals surface area contributed by atoms with Crippen molar-refractivity contribution in [2.45, 2.75) is 72.3 Å². The zero-order valence-corrected chi connectivity index (χ0v) is 19.2. The lowest BCUT2D eigenvalue weighted by molar-refractivity contribution is -0.160. The highest BCUT2D eigenvalue weighted by molar-refractivity contribution is 5.72. The van der Waals surface area contributed by atoms with E-state index in [2.05, 4.69) is 32.2 Å². The van der Waals surface area contributed by atoms with Crippen LogP contribution in [0.3, 0.4) is 0 Å². The first-order chi connectivity index (χ1) is 13.9. The average Bonchev–Trinajstić information content (AvgIpc) is 2.82. The number of aliphatic hydroxyl groups excluding tert-OH is 1. The van der Waals surface area contributed by atoms with Crippen molar-refractivity contribution in [3.63, 3.8) is 0 Å². The van der Waals surface area contributed by atoms with Crippen LogP contribution in [-0.4, -0.2) is 16.7 Å². The van der Waals surface area contributed by atoms with E-state index in [1.807, 2.05) is 33.8 Å². The third-order valence-electron chi connectivity index (χ3n) is 5.82. The molecule has 0 saturated heterocycles. The lowest BCUT2D eigenvalue weighted by Gasteiger charge is -2.32. The van der Waals surface area contributed by atoms with Crippen molar-refractivity contribution < 1.29 is 19.4 Å². The molecule has 1 N–H and O–H groups in total. The predicted octanol–water partition coefficient (Wildman–Crippen LogP) is 6.78. The number of carbonyl (C=O) groups excluding carboxylic acids is 1. The Bertz CT molecular complexity index is 749. The number of carbonyl (C=O) groups is 1. The molecule has 2 aliphatic carbocycles. The first-order valence-corrected chi connectivity index (χ1v) is 10.9. The second-order valence-corrected chi connectivity index (χ2v) is 10.1. The normalized spacial score (nSPS) is 27.6. The third-order valence-corrected chi connectivity index (χ3v) is 5.82. The minimum absolute atomic E-state index is 0.0350. The summed E-state index contributed by atoms with van der Waals surface area (Å²) in [5.41, 5.74) is -0.423. The Labute approximate surface area is 182 Å². The molecule has 0 amide bonds. The second-order valence-electron chi connectivity index (χ2n) is 10.1. The molecule has 0 aromatic carbocycles. The van der Waals surface area contributed by atoms with Gasteiger partial charge in [0.05, 0.1) is 5.92 Å². The molecule has 2 rings (SSSR count). The second kappa shape index (κ2) is 9.72.